The fourth-order valence-corrected chi connectivity index (χ4v) is 2.06. The Morgan fingerprint density at radius 2 is 2.00 bits per heavy atom. The Labute approximate surface area is 129 Å². The van der Waals surface area contributed by atoms with Crippen LogP contribution in [0.1, 0.15) is 18.9 Å². The number of nitrogens with one attached hydrogen (secondary N) is 1. The fraction of sp³-hybridized carbons (Fsp3) is 0.429. The summed E-state index contributed by atoms with van der Waals surface area (Å²) in [6, 6.07) is 5.00. The Kier molecular flexibility index (Phi) is 6.82. The van der Waals surface area contributed by atoms with Gasteiger partial charge in [-0.3, -0.25) is 9.59 Å². The summed E-state index contributed by atoms with van der Waals surface area (Å²) in [5, 5.41) is 3.70. The second kappa shape index (κ2) is 8.12. The zero-order chi connectivity index (χ0) is 15.1. The SMILES string of the molecule is CCCNC(=O)CN(C)C(=O)Cc1ccc(Cl)cc1Cl. The number of hydrogen-bond donors (Lipinski definition) is 1. The highest BCUT2D eigenvalue weighted by atomic mass is 35.5. The lowest BCUT2D eigenvalue weighted by Crippen LogP contribution is -2.39. The molecule has 20 heavy (non-hydrogen) atoms. The number of benzene rings is 1. The van der Waals surface area contributed by atoms with Gasteiger partial charge in [0.05, 0.1) is 13.0 Å². The minimum atomic E-state index is -0.166. The van der Waals surface area contributed by atoms with E-state index in [0.29, 0.717) is 22.2 Å². The molecule has 0 radical (unpaired) electrons. The van der Waals surface area contributed by atoms with E-state index >= 15 is 0 Å². The van der Waals surface area contributed by atoms with E-state index in [0.717, 1.165) is 6.42 Å². The van der Waals surface area contributed by atoms with Crippen LogP contribution in [-0.2, 0) is 16.0 Å². The van der Waals surface area contributed by atoms with Gasteiger partial charge in [-0.15, -0.1) is 0 Å². The van der Waals surface area contributed by atoms with E-state index in [9.17, 15) is 9.59 Å². The molecule has 0 aliphatic carbocycles. The van der Waals surface area contributed by atoms with E-state index in [1.807, 2.05) is 6.92 Å². The van der Waals surface area contributed by atoms with Gasteiger partial charge in [0.15, 0.2) is 0 Å². The molecule has 0 aromatic heterocycles. The third-order valence-corrected chi connectivity index (χ3v) is 3.32. The van der Waals surface area contributed by atoms with Crippen LogP contribution in [-0.4, -0.2) is 36.9 Å². The fourth-order valence-electron chi connectivity index (χ4n) is 1.59. The van der Waals surface area contributed by atoms with Crippen molar-refractivity contribution in [3.63, 3.8) is 0 Å². The number of carbonyl (C=O) groups excluding carboxylic acids is 2. The molecule has 110 valence electrons. The van der Waals surface area contributed by atoms with Gasteiger partial charge in [-0.05, 0) is 24.1 Å². The molecule has 1 aromatic carbocycles. The zero-order valence-electron chi connectivity index (χ0n) is 11.6. The lowest BCUT2D eigenvalue weighted by molar-refractivity contribution is -0.134. The summed E-state index contributed by atoms with van der Waals surface area (Å²) < 4.78 is 0. The molecule has 2 amide bonds. The van der Waals surface area contributed by atoms with Crippen LogP contribution < -0.4 is 5.32 Å². The van der Waals surface area contributed by atoms with Crippen molar-refractivity contribution in [1.29, 1.82) is 0 Å². The molecular formula is C14H18Cl2N2O2. The first-order chi connectivity index (χ1) is 9.43. The molecular weight excluding hydrogens is 299 g/mol. The molecule has 0 aliphatic rings. The van der Waals surface area contributed by atoms with Crippen molar-refractivity contribution in [2.45, 2.75) is 19.8 Å². The van der Waals surface area contributed by atoms with E-state index in [2.05, 4.69) is 5.32 Å². The summed E-state index contributed by atoms with van der Waals surface area (Å²) in [5.74, 6) is -0.328. The molecule has 0 spiro atoms. The third kappa shape index (κ3) is 5.39. The molecule has 1 aromatic rings. The Bertz CT molecular complexity index is 492. The van der Waals surface area contributed by atoms with Crippen LogP contribution in [0.3, 0.4) is 0 Å². The van der Waals surface area contributed by atoms with Crippen LogP contribution in [0.25, 0.3) is 0 Å². The average Bonchev–Trinajstić information content (AvgIpc) is 2.39. The number of rotatable bonds is 6. The highest BCUT2D eigenvalue weighted by Gasteiger charge is 2.14. The van der Waals surface area contributed by atoms with E-state index in [4.69, 9.17) is 23.2 Å². The molecule has 0 fully saturated rings. The second-order valence-electron chi connectivity index (χ2n) is 4.51. The smallest absolute Gasteiger partial charge is 0.239 e. The first kappa shape index (κ1) is 16.8. The van der Waals surface area contributed by atoms with Crippen LogP contribution in [0.4, 0.5) is 0 Å². The van der Waals surface area contributed by atoms with Crippen LogP contribution in [0.2, 0.25) is 10.0 Å². The Balaban J connectivity index is 2.55. The molecule has 0 bridgehead atoms. The van der Waals surface area contributed by atoms with Crippen molar-refractivity contribution in [3.8, 4) is 0 Å². The second-order valence-corrected chi connectivity index (χ2v) is 5.36. The third-order valence-electron chi connectivity index (χ3n) is 2.74. The summed E-state index contributed by atoms with van der Waals surface area (Å²) in [5.41, 5.74) is 0.696. The van der Waals surface area contributed by atoms with E-state index < -0.39 is 0 Å². The summed E-state index contributed by atoms with van der Waals surface area (Å²) in [6.07, 6.45) is 1.01. The van der Waals surface area contributed by atoms with E-state index in [1.165, 1.54) is 4.90 Å². The van der Waals surface area contributed by atoms with Gasteiger partial charge in [-0.2, -0.15) is 0 Å². The predicted octanol–water partition coefficient (Wildman–Crippen LogP) is 2.52. The minimum absolute atomic E-state index is 0.0457. The maximum absolute atomic E-state index is 12.0. The summed E-state index contributed by atoms with van der Waals surface area (Å²) >= 11 is 11.8. The first-order valence-electron chi connectivity index (χ1n) is 6.38. The number of hydrogen-bond acceptors (Lipinski definition) is 2. The number of likely N-dealkylation sites (N-methyl/N-ethyl adjacent to an activating group) is 1. The summed E-state index contributed by atoms with van der Waals surface area (Å²) in [6.45, 7) is 2.63. The molecule has 0 saturated carbocycles. The van der Waals surface area contributed by atoms with Crippen molar-refractivity contribution in [2.24, 2.45) is 0 Å². The molecule has 0 aliphatic heterocycles. The number of carbonyl (C=O) groups is 2. The van der Waals surface area contributed by atoms with E-state index in [1.54, 1.807) is 25.2 Å². The molecule has 6 heteroatoms. The van der Waals surface area contributed by atoms with Crippen LogP contribution in [0, 0.1) is 0 Å². The quantitative estimate of drug-likeness (QED) is 0.876. The number of amides is 2. The molecule has 0 heterocycles. The normalized spacial score (nSPS) is 10.2. The number of halogens is 2. The summed E-state index contributed by atoms with van der Waals surface area (Å²) in [4.78, 5) is 24.9. The standard InChI is InChI=1S/C14H18Cl2N2O2/c1-3-6-17-13(19)9-18(2)14(20)7-10-4-5-11(15)8-12(10)16/h4-5,8H,3,6-7,9H2,1-2H3,(H,17,19). The number of nitrogens with zero attached hydrogens (tertiary/aromatic N) is 1. The molecule has 0 atom stereocenters. The largest absolute Gasteiger partial charge is 0.355 e. The van der Waals surface area contributed by atoms with Crippen LogP contribution in [0.5, 0.6) is 0 Å². The average molecular weight is 317 g/mol. The minimum Gasteiger partial charge on any atom is -0.355 e. The van der Waals surface area contributed by atoms with Gasteiger partial charge in [0, 0.05) is 23.6 Å². The molecule has 0 saturated heterocycles. The Morgan fingerprint density at radius 3 is 2.60 bits per heavy atom. The van der Waals surface area contributed by atoms with Crippen LogP contribution in [0.15, 0.2) is 18.2 Å². The lowest BCUT2D eigenvalue weighted by Gasteiger charge is -2.17. The molecule has 1 rings (SSSR count). The van der Waals surface area contributed by atoms with Crippen molar-refractivity contribution in [2.75, 3.05) is 20.1 Å². The van der Waals surface area contributed by atoms with Gasteiger partial charge in [-0.25, -0.2) is 0 Å². The van der Waals surface area contributed by atoms with E-state index in [-0.39, 0.29) is 24.8 Å². The van der Waals surface area contributed by atoms with Gasteiger partial charge in [0.1, 0.15) is 0 Å². The highest BCUT2D eigenvalue weighted by Crippen LogP contribution is 2.21. The topological polar surface area (TPSA) is 49.4 Å². The van der Waals surface area contributed by atoms with Crippen molar-refractivity contribution in [1.82, 2.24) is 10.2 Å². The van der Waals surface area contributed by atoms with Crippen molar-refractivity contribution < 1.29 is 9.59 Å². The van der Waals surface area contributed by atoms with Gasteiger partial charge in [0.25, 0.3) is 0 Å². The maximum Gasteiger partial charge on any atom is 0.239 e. The van der Waals surface area contributed by atoms with Gasteiger partial charge >= 0.3 is 0 Å². The van der Waals surface area contributed by atoms with Crippen molar-refractivity contribution in [3.05, 3.63) is 33.8 Å². The van der Waals surface area contributed by atoms with Gasteiger partial charge < -0.3 is 10.2 Å². The maximum atomic E-state index is 12.0. The van der Waals surface area contributed by atoms with Crippen LogP contribution >= 0.6 is 23.2 Å². The monoisotopic (exact) mass is 316 g/mol. The molecule has 1 N–H and O–H groups in total. The zero-order valence-corrected chi connectivity index (χ0v) is 13.1. The Hall–Kier alpha value is -1.26. The summed E-state index contributed by atoms with van der Waals surface area (Å²) in [7, 11) is 1.59. The predicted molar refractivity (Wildman–Crippen MR) is 81.1 cm³/mol. The first-order valence-corrected chi connectivity index (χ1v) is 7.14. The van der Waals surface area contributed by atoms with Crippen molar-refractivity contribution >= 4 is 35.0 Å². The molecule has 0 unspecified atom stereocenters. The van der Waals surface area contributed by atoms with Gasteiger partial charge in [-0.1, -0.05) is 36.2 Å². The molecule has 4 nitrogen and oxygen atoms in total. The Morgan fingerprint density at radius 1 is 1.30 bits per heavy atom. The highest BCUT2D eigenvalue weighted by molar-refractivity contribution is 6.35. The van der Waals surface area contributed by atoms with Gasteiger partial charge in [0.2, 0.25) is 11.8 Å². The lowest BCUT2D eigenvalue weighted by atomic mass is 10.1.